The Labute approximate surface area is 80.0 Å². The average Bonchev–Trinajstić information content (AvgIpc) is 2.13. The highest BCUT2D eigenvalue weighted by Crippen LogP contribution is 1.95. The molecule has 0 atom stereocenters. The van der Waals surface area contributed by atoms with Gasteiger partial charge < -0.3 is 14.2 Å². The van der Waals surface area contributed by atoms with Crippen molar-refractivity contribution in [3.8, 4) is 0 Å². The van der Waals surface area contributed by atoms with Gasteiger partial charge in [0.2, 0.25) is 0 Å². The van der Waals surface area contributed by atoms with Gasteiger partial charge in [-0.25, -0.2) is 0 Å². The van der Waals surface area contributed by atoms with Gasteiger partial charge in [-0.15, -0.1) is 0 Å². The Morgan fingerprint density at radius 3 is 2.15 bits per heavy atom. The minimum absolute atomic E-state index is 0.313. The summed E-state index contributed by atoms with van der Waals surface area (Å²) in [7, 11) is 0. The molecule has 0 bridgehead atoms. The van der Waals surface area contributed by atoms with Crippen LogP contribution in [0, 0.1) is 0 Å². The van der Waals surface area contributed by atoms with Crippen molar-refractivity contribution in [2.24, 2.45) is 0 Å². The second-order valence-electron chi connectivity index (χ2n) is 2.19. The Balaban J connectivity index is 3.84. The predicted octanol–water partition coefficient (Wildman–Crippen LogP) is 2.09. The number of ether oxygens (including phenoxy) is 3. The van der Waals surface area contributed by atoms with Gasteiger partial charge in [-0.2, -0.15) is 0 Å². The molecule has 0 aliphatic heterocycles. The van der Waals surface area contributed by atoms with Crippen LogP contribution in [0.2, 0.25) is 0 Å². The van der Waals surface area contributed by atoms with Crippen molar-refractivity contribution in [1.29, 1.82) is 0 Å². The largest absolute Gasteiger partial charge is 0.493 e. The Hall–Kier alpha value is -0.760. The number of hydrogen-bond acceptors (Lipinski definition) is 3. The Morgan fingerprint density at radius 2 is 1.69 bits per heavy atom. The van der Waals surface area contributed by atoms with Crippen LogP contribution in [0.15, 0.2) is 18.1 Å². The molecule has 0 amide bonds. The van der Waals surface area contributed by atoms with Crippen LogP contribution in [0.4, 0.5) is 0 Å². The first kappa shape index (κ1) is 12.2. The van der Waals surface area contributed by atoms with Gasteiger partial charge in [-0.1, -0.05) is 5.73 Å². The molecule has 0 unspecified atom stereocenters. The van der Waals surface area contributed by atoms with Crippen molar-refractivity contribution < 1.29 is 14.2 Å². The van der Waals surface area contributed by atoms with Gasteiger partial charge >= 0.3 is 0 Å². The van der Waals surface area contributed by atoms with Crippen LogP contribution >= 0.6 is 0 Å². The third-order valence-electron chi connectivity index (χ3n) is 1.21. The Bertz CT molecular complexity index is 154. The smallest absolute Gasteiger partial charge is 0.184 e. The molecule has 3 heteroatoms. The molecule has 76 valence electrons. The molecule has 0 N–H and O–H groups in total. The van der Waals surface area contributed by atoms with Crippen LogP contribution in [0.1, 0.15) is 20.8 Å². The molecule has 0 aliphatic carbocycles. The minimum Gasteiger partial charge on any atom is -0.493 e. The van der Waals surface area contributed by atoms with E-state index in [0.29, 0.717) is 19.8 Å². The monoisotopic (exact) mass is 186 g/mol. The normalized spacial score (nSPS) is 9.54. The second-order valence-corrected chi connectivity index (χ2v) is 2.19. The SMILES string of the molecule is CCOC=C=CC(OCC)OCC. The van der Waals surface area contributed by atoms with Crippen molar-refractivity contribution in [3.63, 3.8) is 0 Å². The van der Waals surface area contributed by atoms with Crippen molar-refractivity contribution in [2.75, 3.05) is 19.8 Å². The van der Waals surface area contributed by atoms with Crippen molar-refractivity contribution >= 4 is 0 Å². The second kappa shape index (κ2) is 9.33. The summed E-state index contributed by atoms with van der Waals surface area (Å²) in [4.78, 5) is 0. The highest BCUT2D eigenvalue weighted by Gasteiger charge is 2.00. The highest BCUT2D eigenvalue weighted by atomic mass is 16.7. The van der Waals surface area contributed by atoms with E-state index >= 15 is 0 Å². The first-order chi connectivity index (χ1) is 6.35. The maximum absolute atomic E-state index is 5.25. The maximum Gasteiger partial charge on any atom is 0.184 e. The van der Waals surface area contributed by atoms with E-state index in [2.05, 4.69) is 5.73 Å². The molecule has 0 radical (unpaired) electrons. The molecule has 13 heavy (non-hydrogen) atoms. The van der Waals surface area contributed by atoms with E-state index in [1.807, 2.05) is 20.8 Å². The van der Waals surface area contributed by atoms with Crippen molar-refractivity contribution in [1.82, 2.24) is 0 Å². The molecule has 3 nitrogen and oxygen atoms in total. The van der Waals surface area contributed by atoms with Crippen LogP contribution < -0.4 is 0 Å². The van der Waals surface area contributed by atoms with E-state index in [9.17, 15) is 0 Å². The fourth-order valence-electron chi connectivity index (χ4n) is 0.722. The summed E-state index contributed by atoms with van der Waals surface area (Å²) in [6, 6.07) is 0. The molecule has 0 aromatic carbocycles. The standard InChI is InChI=1S/C10H18O3/c1-4-11-9-7-8-10(12-5-2)13-6-3/h8-10H,4-6H2,1-3H3. The summed E-state index contributed by atoms with van der Waals surface area (Å²) in [6.07, 6.45) is 2.89. The van der Waals surface area contributed by atoms with E-state index in [0.717, 1.165) is 0 Å². The lowest BCUT2D eigenvalue weighted by atomic mass is 10.5. The maximum atomic E-state index is 5.25. The van der Waals surface area contributed by atoms with E-state index < -0.39 is 0 Å². The van der Waals surface area contributed by atoms with E-state index in [-0.39, 0.29) is 6.29 Å². The summed E-state index contributed by atoms with van der Waals surface area (Å²) in [5.74, 6) is 0. The molecule has 0 aliphatic rings. The summed E-state index contributed by atoms with van der Waals surface area (Å²) in [5.41, 5.74) is 2.83. The van der Waals surface area contributed by atoms with Crippen molar-refractivity contribution in [2.45, 2.75) is 27.1 Å². The quantitative estimate of drug-likeness (QED) is 0.346. The summed E-state index contributed by atoms with van der Waals surface area (Å²) in [6.45, 7) is 7.66. The van der Waals surface area contributed by atoms with Gasteiger partial charge in [0.05, 0.1) is 6.61 Å². The van der Waals surface area contributed by atoms with Gasteiger partial charge in [0.15, 0.2) is 6.29 Å². The molecular weight excluding hydrogens is 168 g/mol. The first-order valence-electron chi connectivity index (χ1n) is 4.61. The molecular formula is C10H18O3. The molecule has 0 rings (SSSR count). The predicted molar refractivity (Wildman–Crippen MR) is 51.3 cm³/mol. The Morgan fingerprint density at radius 1 is 1.08 bits per heavy atom. The third-order valence-corrected chi connectivity index (χ3v) is 1.21. The molecule has 0 heterocycles. The molecule has 0 aromatic heterocycles. The van der Waals surface area contributed by atoms with E-state index in [1.165, 1.54) is 6.26 Å². The lowest BCUT2D eigenvalue weighted by Crippen LogP contribution is -2.13. The number of rotatable bonds is 7. The van der Waals surface area contributed by atoms with E-state index in [1.54, 1.807) is 6.08 Å². The topological polar surface area (TPSA) is 27.7 Å². The summed E-state index contributed by atoms with van der Waals surface area (Å²) >= 11 is 0. The molecule has 0 fully saturated rings. The lowest BCUT2D eigenvalue weighted by molar-refractivity contribution is -0.103. The fraction of sp³-hybridized carbons (Fsp3) is 0.700. The number of hydrogen-bond donors (Lipinski definition) is 0. The van der Waals surface area contributed by atoms with E-state index in [4.69, 9.17) is 14.2 Å². The molecule has 0 spiro atoms. The van der Waals surface area contributed by atoms with Crippen LogP contribution in [-0.4, -0.2) is 26.1 Å². The van der Waals surface area contributed by atoms with Crippen LogP contribution in [0.3, 0.4) is 0 Å². The van der Waals surface area contributed by atoms with Crippen molar-refractivity contribution in [3.05, 3.63) is 18.1 Å². The lowest BCUT2D eigenvalue weighted by Gasteiger charge is -2.10. The minimum atomic E-state index is -0.313. The average molecular weight is 186 g/mol. The third kappa shape index (κ3) is 7.60. The highest BCUT2D eigenvalue weighted by molar-refractivity contribution is 4.83. The van der Waals surface area contributed by atoms with Gasteiger partial charge in [0, 0.05) is 19.3 Å². The van der Waals surface area contributed by atoms with Gasteiger partial charge in [0.1, 0.15) is 6.26 Å². The summed E-state index contributed by atoms with van der Waals surface area (Å²) in [5, 5.41) is 0. The first-order valence-corrected chi connectivity index (χ1v) is 4.61. The zero-order valence-electron chi connectivity index (χ0n) is 8.58. The fourth-order valence-corrected chi connectivity index (χ4v) is 0.722. The van der Waals surface area contributed by atoms with Crippen LogP contribution in [-0.2, 0) is 14.2 Å². The Kier molecular flexibility index (Phi) is 8.78. The van der Waals surface area contributed by atoms with Gasteiger partial charge in [-0.05, 0) is 20.8 Å². The molecule has 0 saturated carbocycles. The zero-order valence-corrected chi connectivity index (χ0v) is 8.58. The van der Waals surface area contributed by atoms with Crippen LogP contribution in [0.25, 0.3) is 0 Å². The summed E-state index contributed by atoms with van der Waals surface area (Å²) < 4.78 is 15.5. The molecule has 0 saturated heterocycles. The van der Waals surface area contributed by atoms with Crippen LogP contribution in [0.5, 0.6) is 0 Å². The van der Waals surface area contributed by atoms with Gasteiger partial charge in [0.25, 0.3) is 0 Å². The molecule has 0 aromatic rings. The van der Waals surface area contributed by atoms with Gasteiger partial charge in [-0.3, -0.25) is 0 Å². The zero-order chi connectivity index (χ0) is 9.94.